The molecule has 1 amide bonds. The molecule has 0 unspecified atom stereocenters. The number of rotatable bonds is 6. The molecule has 0 N–H and O–H groups in total. The largest absolute Gasteiger partial charge is 0.321 e. The molecular weight excluding hydrogens is 482 g/mol. The van der Waals surface area contributed by atoms with E-state index in [1.54, 1.807) is 22.9 Å². The molecule has 4 heterocycles. The first kappa shape index (κ1) is 25.5. The minimum atomic E-state index is -0.601. The predicted octanol–water partition coefficient (Wildman–Crippen LogP) is 4.33. The number of likely N-dealkylation sites (tertiary alicyclic amines) is 1. The lowest BCUT2D eigenvalue weighted by Gasteiger charge is -2.44. The average Bonchev–Trinajstić information content (AvgIpc) is 2.97. The monoisotopic (exact) mass is 515 g/mol. The van der Waals surface area contributed by atoms with Gasteiger partial charge in [-0.15, -0.1) is 0 Å². The van der Waals surface area contributed by atoms with Crippen molar-refractivity contribution in [2.24, 2.45) is 0 Å². The van der Waals surface area contributed by atoms with Crippen LogP contribution >= 0.6 is 11.8 Å². The van der Waals surface area contributed by atoms with Crippen molar-refractivity contribution in [3.8, 4) is 6.07 Å². The van der Waals surface area contributed by atoms with Gasteiger partial charge in [0.05, 0.1) is 18.4 Å². The Morgan fingerprint density at radius 2 is 1.92 bits per heavy atom. The smallest absolute Gasteiger partial charge is 0.267 e. The van der Waals surface area contributed by atoms with Crippen LogP contribution in [0.1, 0.15) is 54.6 Å². The fourth-order valence-corrected chi connectivity index (χ4v) is 6.86. The molecule has 7 nitrogen and oxygen atoms in total. The number of pyridine rings is 3. The summed E-state index contributed by atoms with van der Waals surface area (Å²) in [6.07, 6.45) is 11.2. The first-order valence-electron chi connectivity index (χ1n) is 13.1. The zero-order chi connectivity index (χ0) is 25.8. The first-order chi connectivity index (χ1) is 18.1. The average molecular weight is 516 g/mol. The highest BCUT2D eigenvalue weighted by atomic mass is 32.2. The molecule has 1 saturated carbocycles. The quantitative estimate of drug-likeness (QED) is 0.486. The van der Waals surface area contributed by atoms with Crippen LogP contribution in [0.25, 0.3) is 5.52 Å². The van der Waals surface area contributed by atoms with E-state index in [1.165, 1.54) is 6.42 Å². The molecule has 3 aromatic rings. The molecule has 1 saturated heterocycles. The Balaban J connectivity index is 1.42. The van der Waals surface area contributed by atoms with Crippen LogP contribution in [0.3, 0.4) is 0 Å². The summed E-state index contributed by atoms with van der Waals surface area (Å²) in [7, 11) is 0. The molecule has 2 fully saturated rings. The zero-order valence-corrected chi connectivity index (χ0v) is 22.1. The van der Waals surface area contributed by atoms with Gasteiger partial charge >= 0.3 is 0 Å². The molecular formula is C29H33N5O2S. The van der Waals surface area contributed by atoms with Crippen molar-refractivity contribution in [2.45, 2.75) is 55.2 Å². The summed E-state index contributed by atoms with van der Waals surface area (Å²) in [5.74, 6) is -0.198. The molecule has 0 aromatic carbocycles. The van der Waals surface area contributed by atoms with E-state index in [2.05, 4.69) is 22.2 Å². The van der Waals surface area contributed by atoms with Crippen molar-refractivity contribution in [1.29, 1.82) is 5.26 Å². The van der Waals surface area contributed by atoms with Gasteiger partial charge in [-0.25, -0.2) is 0 Å². The molecule has 5 rings (SSSR count). The van der Waals surface area contributed by atoms with E-state index < -0.39 is 5.41 Å². The van der Waals surface area contributed by atoms with Crippen LogP contribution in [0.15, 0.2) is 65.7 Å². The molecule has 2 atom stereocenters. The van der Waals surface area contributed by atoms with Gasteiger partial charge in [0.1, 0.15) is 11.0 Å². The number of piperidine rings is 1. The van der Waals surface area contributed by atoms with Crippen LogP contribution in [-0.4, -0.2) is 62.4 Å². The number of fused-ring (bicyclic) bond motifs is 1. The molecule has 0 bridgehead atoms. The van der Waals surface area contributed by atoms with Crippen LogP contribution < -0.4 is 5.56 Å². The maximum Gasteiger partial charge on any atom is 0.267 e. The van der Waals surface area contributed by atoms with Gasteiger partial charge in [0, 0.05) is 42.3 Å². The summed E-state index contributed by atoms with van der Waals surface area (Å²) >= 11 is 1.82. The standard InChI is InChI=1S/C29H33N5O2S/c1-37-25-10-3-2-9-24(25)34(28(36)23-13-12-22-8-5-7-17-33(22)27(23)35)21-32-18-14-29(20-30,15-19-32)26-11-4-6-16-31-26/h4-8,11-13,16-17,24-25H,2-3,9-10,14-15,18-19,21H2,1H3/t24-,25-/m1/s1. The number of carbonyl (C=O) groups excluding carboxylic acids is 1. The number of carbonyl (C=O) groups is 1. The third-order valence-electron chi connectivity index (χ3n) is 8.05. The Bertz CT molecular complexity index is 1340. The molecule has 3 aromatic heterocycles. The molecule has 2 aliphatic rings. The van der Waals surface area contributed by atoms with Crippen molar-refractivity contribution >= 4 is 23.2 Å². The molecule has 0 spiro atoms. The normalized spacial score (nSPS) is 21.8. The first-order valence-corrected chi connectivity index (χ1v) is 14.3. The number of nitriles is 1. The lowest BCUT2D eigenvalue weighted by atomic mass is 9.76. The number of aromatic nitrogens is 2. The van der Waals surface area contributed by atoms with Crippen LogP contribution in [0.4, 0.5) is 0 Å². The van der Waals surface area contributed by atoms with Gasteiger partial charge in [-0.2, -0.15) is 17.0 Å². The number of thioether (sulfide) groups is 1. The summed E-state index contributed by atoms with van der Waals surface area (Å²) in [6, 6.07) is 17.4. The Morgan fingerprint density at radius 3 is 2.65 bits per heavy atom. The second-order valence-electron chi connectivity index (χ2n) is 10.1. The minimum absolute atomic E-state index is 0.0746. The topological polar surface area (TPSA) is 81.7 Å². The van der Waals surface area contributed by atoms with Crippen LogP contribution in [0.5, 0.6) is 0 Å². The van der Waals surface area contributed by atoms with E-state index in [1.807, 2.05) is 59.1 Å². The van der Waals surface area contributed by atoms with Gasteiger partial charge in [0.25, 0.3) is 11.5 Å². The second-order valence-corrected chi connectivity index (χ2v) is 11.2. The Hall–Kier alpha value is -3.15. The van der Waals surface area contributed by atoms with Gasteiger partial charge in [0.15, 0.2) is 0 Å². The van der Waals surface area contributed by atoms with E-state index in [4.69, 9.17) is 0 Å². The Morgan fingerprint density at radius 1 is 1.14 bits per heavy atom. The van der Waals surface area contributed by atoms with Gasteiger partial charge in [0.2, 0.25) is 0 Å². The molecule has 1 aliphatic heterocycles. The fourth-order valence-electron chi connectivity index (χ4n) is 5.86. The highest BCUT2D eigenvalue weighted by Crippen LogP contribution is 2.35. The fraction of sp³-hybridized carbons (Fsp3) is 0.448. The maximum absolute atomic E-state index is 14.1. The maximum atomic E-state index is 14.1. The Kier molecular flexibility index (Phi) is 7.63. The van der Waals surface area contributed by atoms with Crippen molar-refractivity contribution < 1.29 is 4.79 Å². The van der Waals surface area contributed by atoms with Crippen molar-refractivity contribution in [3.05, 3.63) is 82.5 Å². The molecule has 1 aliphatic carbocycles. The number of amides is 1. The Labute approximate surface area is 222 Å². The zero-order valence-electron chi connectivity index (χ0n) is 21.3. The van der Waals surface area contributed by atoms with Crippen LogP contribution in [-0.2, 0) is 5.41 Å². The minimum Gasteiger partial charge on any atom is -0.321 e. The van der Waals surface area contributed by atoms with Crippen molar-refractivity contribution in [3.63, 3.8) is 0 Å². The van der Waals surface area contributed by atoms with Gasteiger partial charge in [-0.1, -0.05) is 25.0 Å². The van der Waals surface area contributed by atoms with Gasteiger partial charge in [-0.05, 0) is 68.3 Å². The molecule has 0 radical (unpaired) electrons. The van der Waals surface area contributed by atoms with Gasteiger partial charge in [-0.3, -0.25) is 23.9 Å². The third kappa shape index (κ3) is 5.03. The summed E-state index contributed by atoms with van der Waals surface area (Å²) in [5.41, 5.74) is 0.932. The van der Waals surface area contributed by atoms with Crippen LogP contribution in [0.2, 0.25) is 0 Å². The van der Waals surface area contributed by atoms with Gasteiger partial charge < -0.3 is 4.90 Å². The highest BCUT2D eigenvalue weighted by Gasteiger charge is 2.40. The lowest BCUT2D eigenvalue weighted by Crippen LogP contribution is -2.55. The predicted molar refractivity (Wildman–Crippen MR) is 147 cm³/mol. The number of hydrogen-bond donors (Lipinski definition) is 0. The van der Waals surface area contributed by atoms with E-state index in [-0.39, 0.29) is 23.1 Å². The summed E-state index contributed by atoms with van der Waals surface area (Å²) < 4.78 is 1.55. The summed E-state index contributed by atoms with van der Waals surface area (Å²) in [6.45, 7) is 1.85. The summed E-state index contributed by atoms with van der Waals surface area (Å²) in [4.78, 5) is 36.1. The van der Waals surface area contributed by atoms with E-state index in [0.717, 1.165) is 30.5 Å². The molecule has 37 heavy (non-hydrogen) atoms. The molecule has 192 valence electrons. The molecule has 8 heteroatoms. The highest BCUT2D eigenvalue weighted by molar-refractivity contribution is 7.99. The van der Waals surface area contributed by atoms with Crippen molar-refractivity contribution in [2.75, 3.05) is 26.0 Å². The SMILES string of the molecule is CS[C@@H]1CCCC[C@H]1N(CN1CCC(C#N)(c2ccccn2)CC1)C(=O)c1ccc2ccccn2c1=O. The summed E-state index contributed by atoms with van der Waals surface area (Å²) in [5, 5.41) is 10.4. The number of nitrogens with zero attached hydrogens (tertiary/aromatic N) is 5. The second kappa shape index (κ2) is 11.1. The van der Waals surface area contributed by atoms with Crippen LogP contribution in [0, 0.1) is 11.3 Å². The number of hydrogen-bond acceptors (Lipinski definition) is 6. The van der Waals surface area contributed by atoms with E-state index >= 15 is 0 Å². The lowest BCUT2D eigenvalue weighted by molar-refractivity contribution is 0.0378. The van der Waals surface area contributed by atoms with E-state index in [0.29, 0.717) is 37.8 Å². The van der Waals surface area contributed by atoms with Crippen molar-refractivity contribution in [1.82, 2.24) is 19.2 Å². The third-order valence-corrected chi connectivity index (χ3v) is 9.21. The van der Waals surface area contributed by atoms with E-state index in [9.17, 15) is 14.9 Å².